The van der Waals surface area contributed by atoms with Gasteiger partial charge >= 0.3 is 0 Å². The zero-order valence-corrected chi connectivity index (χ0v) is 38.1. The first-order valence-corrected chi connectivity index (χ1v) is 23.4. The molecule has 1 aliphatic heterocycles. The first-order chi connectivity index (χ1) is 32.7. The van der Waals surface area contributed by atoms with Gasteiger partial charge in [0.25, 0.3) is 6.33 Å². The van der Waals surface area contributed by atoms with E-state index >= 15 is 0 Å². The van der Waals surface area contributed by atoms with Crippen molar-refractivity contribution >= 4 is 32.8 Å². The van der Waals surface area contributed by atoms with E-state index in [0.717, 1.165) is 79.3 Å². The Morgan fingerprint density at radius 1 is 0.493 bits per heavy atom. The molecule has 5 heteroatoms. The number of rotatable bonds is 5. The molecule has 11 aromatic rings. The van der Waals surface area contributed by atoms with Crippen LogP contribution < -0.4 is 9.30 Å². The summed E-state index contributed by atoms with van der Waals surface area (Å²) in [4.78, 5) is 5.15. The molecular weight excluding hydrogens is 817 g/mol. The molecule has 0 amide bonds. The highest BCUT2D eigenvalue weighted by molar-refractivity contribution is 6.10. The maximum Gasteiger partial charge on any atom is 0.269 e. The number of imidazole rings is 1. The van der Waals surface area contributed by atoms with Crippen LogP contribution in [-0.2, 0) is 10.8 Å². The molecule has 67 heavy (non-hydrogen) atoms. The van der Waals surface area contributed by atoms with E-state index in [1.54, 1.807) is 0 Å². The third kappa shape index (κ3) is 6.14. The number of nitrogens with zero attached hydrogens (tertiary/aromatic N) is 4. The summed E-state index contributed by atoms with van der Waals surface area (Å²) in [6.45, 7) is 9.56. The van der Waals surface area contributed by atoms with Crippen molar-refractivity contribution in [2.45, 2.75) is 51.4 Å². The van der Waals surface area contributed by atoms with Crippen molar-refractivity contribution in [2.75, 3.05) is 0 Å². The number of para-hydroxylation sites is 3. The van der Waals surface area contributed by atoms with Crippen LogP contribution in [0.25, 0.3) is 94.5 Å². The van der Waals surface area contributed by atoms with Crippen molar-refractivity contribution in [3.05, 3.63) is 212 Å². The third-order valence-electron chi connectivity index (χ3n) is 14.7. The van der Waals surface area contributed by atoms with Gasteiger partial charge in [0.1, 0.15) is 17.3 Å². The molecule has 0 saturated heterocycles. The molecule has 0 unspecified atom stereocenters. The van der Waals surface area contributed by atoms with Crippen molar-refractivity contribution in [1.82, 2.24) is 14.1 Å². The van der Waals surface area contributed by atoms with Crippen LogP contribution in [0.15, 0.2) is 194 Å². The van der Waals surface area contributed by atoms with E-state index < -0.39 is 0 Å². The maximum atomic E-state index is 6.87. The SMILES string of the molecule is CC1(C)CCC(C)(C)c2cc(-c3cccnc3-n3c4ccccc4c4ccc(Oc5cccc(-n6[c-][n+]7c8c(cccc86)-c6ccccc6-c6ccccc6-c6ccccc6-7)c5)cc43)ccc21. The summed E-state index contributed by atoms with van der Waals surface area (Å²) < 4.78 is 13.6. The predicted molar refractivity (Wildman–Crippen MR) is 273 cm³/mol. The topological polar surface area (TPSA) is 35.9 Å². The lowest BCUT2D eigenvalue weighted by molar-refractivity contribution is -0.571. The van der Waals surface area contributed by atoms with Crippen LogP contribution in [0.5, 0.6) is 11.5 Å². The van der Waals surface area contributed by atoms with Gasteiger partial charge in [-0.3, -0.25) is 13.7 Å². The quantitative estimate of drug-likeness (QED) is 0.128. The molecule has 0 N–H and O–H groups in total. The second-order valence-corrected chi connectivity index (χ2v) is 19.6. The summed E-state index contributed by atoms with van der Waals surface area (Å²) in [5.74, 6) is 2.38. The zero-order valence-electron chi connectivity index (χ0n) is 38.1. The van der Waals surface area contributed by atoms with E-state index in [4.69, 9.17) is 9.72 Å². The van der Waals surface area contributed by atoms with Crippen LogP contribution in [0.4, 0.5) is 0 Å². The van der Waals surface area contributed by atoms with Crippen LogP contribution >= 0.6 is 0 Å². The Kier molecular flexibility index (Phi) is 8.66. The fourth-order valence-electron chi connectivity index (χ4n) is 11.2. The summed E-state index contributed by atoms with van der Waals surface area (Å²) in [7, 11) is 0. The van der Waals surface area contributed by atoms with Crippen molar-refractivity contribution in [3.8, 4) is 73.2 Å². The standard InChI is InChI=1S/C62H48N4O/c1-61(2)33-34-62(3,4)54-36-40(29-32-53(54)61)44-25-15-35-63-60(44)66-56-27-12-10-23-50(56)51-31-30-43(38-58(51)66)67-42-17-13-16-41(37-42)64-39-65-55-26-11-9-22-49(55)47-20-7-5-18-45(47)46-19-6-8-21-48(46)52-24-14-28-57(64)59(52)65/h5-32,35-38H,33-34H2,1-4H3. The number of aromatic nitrogens is 4. The van der Waals surface area contributed by atoms with Gasteiger partial charge < -0.3 is 4.74 Å². The Labute approximate surface area is 390 Å². The Hall–Kier alpha value is -8.02. The molecule has 0 fully saturated rings. The summed E-state index contributed by atoms with van der Waals surface area (Å²) in [6, 6.07) is 67.6. The highest BCUT2D eigenvalue weighted by Crippen LogP contribution is 2.48. The second kappa shape index (κ2) is 14.7. The van der Waals surface area contributed by atoms with E-state index in [2.05, 4.69) is 230 Å². The number of hydrogen-bond acceptors (Lipinski definition) is 2. The minimum Gasteiger partial charge on any atom is -0.458 e. The molecule has 3 aromatic heterocycles. The van der Waals surface area contributed by atoms with E-state index in [1.165, 1.54) is 50.8 Å². The van der Waals surface area contributed by atoms with Gasteiger partial charge in [-0.25, -0.2) is 4.98 Å². The van der Waals surface area contributed by atoms with E-state index in [9.17, 15) is 0 Å². The summed E-state index contributed by atoms with van der Waals surface area (Å²) in [6.07, 6.45) is 8.08. The van der Waals surface area contributed by atoms with E-state index in [-0.39, 0.29) is 10.8 Å². The third-order valence-corrected chi connectivity index (χ3v) is 14.7. The molecule has 322 valence electrons. The van der Waals surface area contributed by atoms with Gasteiger partial charge in [-0.2, -0.15) is 0 Å². The Morgan fingerprint density at radius 2 is 1.10 bits per heavy atom. The molecule has 0 bridgehead atoms. The molecular formula is C62H48N4O. The number of pyridine rings is 1. The molecule has 13 rings (SSSR count). The number of fused-ring (bicyclic) bond motifs is 11. The Balaban J connectivity index is 0.931. The predicted octanol–water partition coefficient (Wildman–Crippen LogP) is 15.3. The highest BCUT2D eigenvalue weighted by atomic mass is 16.5. The minimum atomic E-state index is 0.0910. The summed E-state index contributed by atoms with van der Waals surface area (Å²) in [5, 5.41) is 2.32. The van der Waals surface area contributed by atoms with Gasteiger partial charge in [-0.15, -0.1) is 0 Å². The van der Waals surface area contributed by atoms with Gasteiger partial charge in [0.2, 0.25) is 0 Å². The molecule has 0 atom stereocenters. The van der Waals surface area contributed by atoms with Crippen molar-refractivity contribution in [1.29, 1.82) is 0 Å². The second-order valence-electron chi connectivity index (χ2n) is 19.6. The van der Waals surface area contributed by atoms with E-state index in [0.29, 0.717) is 0 Å². The lowest BCUT2D eigenvalue weighted by Crippen LogP contribution is -2.33. The smallest absolute Gasteiger partial charge is 0.269 e. The highest BCUT2D eigenvalue weighted by Gasteiger charge is 2.37. The molecule has 0 saturated carbocycles. The fraction of sp³-hybridized carbons (Fsp3) is 0.129. The summed E-state index contributed by atoms with van der Waals surface area (Å²) in [5.41, 5.74) is 18.8. The van der Waals surface area contributed by atoms with Crippen LogP contribution in [-0.4, -0.2) is 14.1 Å². The van der Waals surface area contributed by atoms with E-state index in [1.807, 2.05) is 12.3 Å². The Morgan fingerprint density at radius 3 is 1.91 bits per heavy atom. The van der Waals surface area contributed by atoms with Gasteiger partial charge in [-0.1, -0.05) is 155 Å². The molecule has 0 radical (unpaired) electrons. The van der Waals surface area contributed by atoms with Crippen LogP contribution in [0.2, 0.25) is 0 Å². The number of benzene rings is 8. The molecule has 1 aliphatic carbocycles. The van der Waals surface area contributed by atoms with Gasteiger partial charge in [0, 0.05) is 28.6 Å². The number of hydrogen-bond donors (Lipinski definition) is 0. The lowest BCUT2D eigenvalue weighted by atomic mass is 9.63. The Bertz CT molecular complexity index is 3810. The van der Waals surface area contributed by atoms with Crippen LogP contribution in [0.1, 0.15) is 51.7 Å². The van der Waals surface area contributed by atoms with Gasteiger partial charge in [0.05, 0.1) is 33.4 Å². The number of ether oxygens (including phenoxy) is 1. The molecule has 5 nitrogen and oxygen atoms in total. The summed E-state index contributed by atoms with van der Waals surface area (Å²) >= 11 is 0. The molecule has 2 aliphatic rings. The monoisotopic (exact) mass is 864 g/mol. The average Bonchev–Trinajstić information content (AvgIpc) is 3.92. The van der Waals surface area contributed by atoms with Crippen molar-refractivity contribution in [3.63, 3.8) is 0 Å². The first-order valence-electron chi connectivity index (χ1n) is 23.4. The van der Waals surface area contributed by atoms with Crippen LogP contribution in [0.3, 0.4) is 0 Å². The minimum absolute atomic E-state index is 0.0910. The molecule has 0 spiro atoms. The lowest BCUT2D eigenvalue weighted by Gasteiger charge is -2.42. The van der Waals surface area contributed by atoms with Gasteiger partial charge in [-0.05, 0) is 128 Å². The first kappa shape index (κ1) is 39.4. The maximum absolute atomic E-state index is 6.87. The normalized spacial score (nSPS) is 14.4. The van der Waals surface area contributed by atoms with Crippen molar-refractivity contribution in [2.24, 2.45) is 0 Å². The van der Waals surface area contributed by atoms with Crippen LogP contribution in [0, 0.1) is 6.33 Å². The molecule has 8 aromatic carbocycles. The molecule has 4 heterocycles. The zero-order chi connectivity index (χ0) is 45.0. The van der Waals surface area contributed by atoms with Gasteiger partial charge in [0.15, 0.2) is 0 Å². The van der Waals surface area contributed by atoms with Crippen molar-refractivity contribution < 1.29 is 9.30 Å². The average molecular weight is 865 g/mol. The fourth-order valence-corrected chi connectivity index (χ4v) is 11.2. The largest absolute Gasteiger partial charge is 0.458 e.